The van der Waals surface area contributed by atoms with Crippen LogP contribution >= 0.6 is 31.9 Å². The summed E-state index contributed by atoms with van der Waals surface area (Å²) in [5, 5.41) is 10.1. The van der Waals surface area contributed by atoms with E-state index in [1.807, 2.05) is 13.0 Å². The van der Waals surface area contributed by atoms with Crippen LogP contribution in [-0.2, 0) is 16.0 Å². The van der Waals surface area contributed by atoms with Crippen molar-refractivity contribution in [1.29, 1.82) is 0 Å². The summed E-state index contributed by atoms with van der Waals surface area (Å²) in [6.45, 7) is 2.77. The molecule has 2 amide bonds. The maximum Gasteiger partial charge on any atom is 0.272 e. The number of allylic oxidation sites excluding steroid dienone is 1. The van der Waals surface area contributed by atoms with Gasteiger partial charge in [0, 0.05) is 21.2 Å². The predicted octanol–water partition coefficient (Wildman–Crippen LogP) is 3.86. The number of hydrogen-bond donors (Lipinski definition) is 1. The molecule has 2 aliphatic rings. The Bertz CT molecular complexity index is 776. The van der Waals surface area contributed by atoms with Crippen LogP contribution in [0.15, 0.2) is 55.2 Å². The molecular formula is C17H15Br2N3O2. The SMILES string of the molecule is Cc1c(Br)cc(CCNC2=CC3C(=O)N=NC(=O)C3C=C2)cc1Br. The van der Waals surface area contributed by atoms with E-state index in [-0.39, 0.29) is 11.8 Å². The lowest BCUT2D eigenvalue weighted by Gasteiger charge is -2.23. The van der Waals surface area contributed by atoms with Gasteiger partial charge in [-0.05, 0) is 48.8 Å². The summed E-state index contributed by atoms with van der Waals surface area (Å²) in [6.07, 6.45) is 6.16. The molecule has 0 saturated carbocycles. The van der Waals surface area contributed by atoms with E-state index in [4.69, 9.17) is 0 Å². The van der Waals surface area contributed by atoms with E-state index in [1.54, 1.807) is 12.2 Å². The second-order valence-corrected chi connectivity index (χ2v) is 7.48. The normalized spacial score (nSPS) is 22.4. The first-order valence-corrected chi connectivity index (χ1v) is 9.12. The lowest BCUT2D eigenvalue weighted by Crippen LogP contribution is -2.32. The molecule has 1 aromatic carbocycles. The third-order valence-electron chi connectivity index (χ3n) is 4.13. The van der Waals surface area contributed by atoms with Crippen LogP contribution in [0.2, 0.25) is 0 Å². The zero-order valence-electron chi connectivity index (χ0n) is 12.9. The maximum atomic E-state index is 11.8. The molecule has 1 heterocycles. The average molecular weight is 453 g/mol. The van der Waals surface area contributed by atoms with Crippen LogP contribution in [0, 0.1) is 18.8 Å². The second-order valence-electron chi connectivity index (χ2n) is 5.77. The molecule has 0 saturated heterocycles. The first kappa shape index (κ1) is 17.2. The zero-order chi connectivity index (χ0) is 17.3. The van der Waals surface area contributed by atoms with Crippen molar-refractivity contribution in [2.24, 2.45) is 22.1 Å². The first-order valence-electron chi connectivity index (χ1n) is 7.53. The van der Waals surface area contributed by atoms with Crippen LogP contribution in [0.3, 0.4) is 0 Å². The van der Waals surface area contributed by atoms with Gasteiger partial charge in [0.05, 0.1) is 11.8 Å². The number of fused-ring (bicyclic) bond motifs is 1. The second kappa shape index (κ2) is 7.11. The third kappa shape index (κ3) is 3.57. The smallest absolute Gasteiger partial charge is 0.272 e. The van der Waals surface area contributed by atoms with Gasteiger partial charge in [-0.2, -0.15) is 0 Å². The molecule has 0 fully saturated rings. The van der Waals surface area contributed by atoms with E-state index in [1.165, 1.54) is 11.1 Å². The number of halogens is 2. The number of hydrogen-bond acceptors (Lipinski definition) is 3. The van der Waals surface area contributed by atoms with E-state index >= 15 is 0 Å². The Kier molecular flexibility index (Phi) is 5.10. The lowest BCUT2D eigenvalue weighted by molar-refractivity contribution is -0.132. The van der Waals surface area contributed by atoms with Gasteiger partial charge in [0.2, 0.25) is 0 Å². The van der Waals surface area contributed by atoms with Crippen molar-refractivity contribution in [2.75, 3.05) is 6.54 Å². The van der Waals surface area contributed by atoms with E-state index in [9.17, 15) is 9.59 Å². The van der Waals surface area contributed by atoms with Crippen LogP contribution in [0.4, 0.5) is 0 Å². The zero-order valence-corrected chi connectivity index (χ0v) is 16.1. The monoisotopic (exact) mass is 451 g/mol. The van der Waals surface area contributed by atoms with Gasteiger partial charge in [-0.3, -0.25) is 9.59 Å². The summed E-state index contributed by atoms with van der Waals surface area (Å²) in [6, 6.07) is 4.21. The van der Waals surface area contributed by atoms with Gasteiger partial charge in [-0.25, -0.2) is 0 Å². The van der Waals surface area contributed by atoms with Gasteiger partial charge in [0.1, 0.15) is 0 Å². The van der Waals surface area contributed by atoms with Crippen molar-refractivity contribution in [2.45, 2.75) is 13.3 Å². The fourth-order valence-corrected chi connectivity index (χ4v) is 3.96. The predicted molar refractivity (Wildman–Crippen MR) is 97.4 cm³/mol. The molecule has 24 heavy (non-hydrogen) atoms. The Hall–Kier alpha value is -1.60. The van der Waals surface area contributed by atoms with Crippen molar-refractivity contribution in [3.63, 3.8) is 0 Å². The molecule has 0 bridgehead atoms. The molecule has 0 aromatic heterocycles. The van der Waals surface area contributed by atoms with Gasteiger partial charge >= 0.3 is 0 Å². The minimum Gasteiger partial charge on any atom is -0.385 e. The van der Waals surface area contributed by atoms with Crippen molar-refractivity contribution >= 4 is 43.7 Å². The van der Waals surface area contributed by atoms with Crippen LogP contribution in [0.25, 0.3) is 0 Å². The third-order valence-corrected chi connectivity index (χ3v) is 5.78. The van der Waals surface area contributed by atoms with Gasteiger partial charge in [0.15, 0.2) is 0 Å². The summed E-state index contributed by atoms with van der Waals surface area (Å²) in [5.74, 6) is -1.77. The van der Waals surface area contributed by atoms with Crippen LogP contribution in [0.1, 0.15) is 11.1 Å². The summed E-state index contributed by atoms with van der Waals surface area (Å²) < 4.78 is 2.14. The standard InChI is InChI=1S/C17H15Br2N3O2/c1-9-14(18)6-10(7-15(9)19)4-5-20-11-2-3-12-13(8-11)17(24)22-21-16(12)23/h2-3,6-8,12-13,20H,4-5H2,1H3. The molecule has 3 rings (SSSR count). The fourth-order valence-electron chi connectivity index (χ4n) is 2.68. The van der Waals surface area contributed by atoms with Gasteiger partial charge in [-0.15, -0.1) is 10.2 Å². The van der Waals surface area contributed by atoms with Crippen LogP contribution in [0.5, 0.6) is 0 Å². The molecule has 1 aliphatic carbocycles. The van der Waals surface area contributed by atoms with E-state index < -0.39 is 11.8 Å². The number of nitrogens with one attached hydrogen (secondary N) is 1. The van der Waals surface area contributed by atoms with Crippen molar-refractivity contribution in [1.82, 2.24) is 5.32 Å². The van der Waals surface area contributed by atoms with Gasteiger partial charge in [-0.1, -0.05) is 37.9 Å². The highest BCUT2D eigenvalue weighted by molar-refractivity contribution is 9.11. The number of rotatable bonds is 4. The molecular weight excluding hydrogens is 438 g/mol. The summed E-state index contributed by atoms with van der Waals surface area (Å²) in [7, 11) is 0. The lowest BCUT2D eigenvalue weighted by atomic mass is 9.85. The fraction of sp³-hybridized carbons (Fsp3) is 0.294. The average Bonchev–Trinajstić information content (AvgIpc) is 2.56. The Morgan fingerprint density at radius 1 is 1.08 bits per heavy atom. The van der Waals surface area contributed by atoms with Crippen molar-refractivity contribution in [3.8, 4) is 0 Å². The Morgan fingerprint density at radius 2 is 1.71 bits per heavy atom. The highest BCUT2D eigenvalue weighted by Crippen LogP contribution is 2.28. The number of nitrogens with zero attached hydrogens (tertiary/aromatic N) is 2. The topological polar surface area (TPSA) is 70.9 Å². The quantitative estimate of drug-likeness (QED) is 0.753. The molecule has 124 valence electrons. The Labute approximate surface area is 156 Å². The molecule has 0 spiro atoms. The summed E-state index contributed by atoms with van der Waals surface area (Å²) in [4.78, 5) is 23.4. The molecule has 1 aliphatic heterocycles. The van der Waals surface area contributed by atoms with Crippen LogP contribution < -0.4 is 5.32 Å². The van der Waals surface area contributed by atoms with Crippen molar-refractivity contribution in [3.05, 3.63) is 56.1 Å². The maximum absolute atomic E-state index is 11.8. The minimum atomic E-state index is -0.537. The number of amides is 2. The highest BCUT2D eigenvalue weighted by atomic mass is 79.9. The minimum absolute atomic E-state index is 0.361. The number of azo groups is 1. The molecule has 5 nitrogen and oxygen atoms in total. The first-order chi connectivity index (χ1) is 11.5. The van der Waals surface area contributed by atoms with Crippen molar-refractivity contribution < 1.29 is 9.59 Å². The molecule has 2 unspecified atom stereocenters. The van der Waals surface area contributed by atoms with E-state index in [2.05, 4.69) is 59.5 Å². The largest absolute Gasteiger partial charge is 0.385 e. The Morgan fingerprint density at radius 3 is 2.38 bits per heavy atom. The Balaban J connectivity index is 1.63. The molecule has 7 heteroatoms. The van der Waals surface area contributed by atoms with Gasteiger partial charge < -0.3 is 5.32 Å². The summed E-state index contributed by atoms with van der Waals surface area (Å²) in [5.41, 5.74) is 3.20. The van der Waals surface area contributed by atoms with E-state index in [0.717, 1.165) is 27.6 Å². The number of carbonyl (C=O) groups is 2. The van der Waals surface area contributed by atoms with E-state index in [0.29, 0.717) is 0 Å². The molecule has 2 atom stereocenters. The summed E-state index contributed by atoms with van der Waals surface area (Å²) >= 11 is 7.11. The highest BCUT2D eigenvalue weighted by Gasteiger charge is 2.36. The van der Waals surface area contributed by atoms with Crippen LogP contribution in [-0.4, -0.2) is 18.4 Å². The number of carbonyl (C=O) groups excluding carboxylic acids is 2. The molecule has 0 radical (unpaired) electrons. The molecule has 1 N–H and O–H groups in total. The molecule has 1 aromatic rings. The van der Waals surface area contributed by atoms with Gasteiger partial charge in [0.25, 0.3) is 11.8 Å². The number of benzene rings is 1.